The summed E-state index contributed by atoms with van der Waals surface area (Å²) in [6, 6.07) is 15.1. The van der Waals surface area contributed by atoms with Crippen LogP contribution in [0.25, 0.3) is 0 Å². The van der Waals surface area contributed by atoms with Gasteiger partial charge in [0.1, 0.15) is 16.8 Å². The molecule has 3 N–H and O–H groups in total. The topological polar surface area (TPSA) is 102 Å². The van der Waals surface area contributed by atoms with Crippen molar-refractivity contribution in [3.8, 4) is 0 Å². The summed E-state index contributed by atoms with van der Waals surface area (Å²) < 4.78 is 5.48. The Balaban J connectivity index is 1.87. The maximum absolute atomic E-state index is 14.0. The van der Waals surface area contributed by atoms with Crippen molar-refractivity contribution in [3.05, 3.63) is 82.3 Å². The van der Waals surface area contributed by atoms with Crippen LogP contribution < -0.4 is 16.0 Å². The number of fused-ring (bicyclic) bond motifs is 3. The van der Waals surface area contributed by atoms with E-state index in [9.17, 15) is 14.4 Å². The monoisotopic (exact) mass is 499 g/mol. The molecule has 0 saturated heterocycles. The average molecular weight is 500 g/mol. The highest BCUT2D eigenvalue weighted by Crippen LogP contribution is 2.57. The van der Waals surface area contributed by atoms with Crippen molar-refractivity contribution >= 4 is 29.0 Å². The third kappa shape index (κ3) is 3.59. The van der Waals surface area contributed by atoms with E-state index in [-0.39, 0.29) is 35.6 Å². The highest BCUT2D eigenvalue weighted by Gasteiger charge is 2.62. The number of ketones is 1. The third-order valence-electron chi connectivity index (χ3n) is 7.59. The van der Waals surface area contributed by atoms with Crippen molar-refractivity contribution in [2.45, 2.75) is 58.8 Å². The first-order chi connectivity index (χ1) is 17.5. The lowest BCUT2D eigenvalue weighted by Crippen LogP contribution is -2.54. The molecule has 1 aliphatic carbocycles. The molecule has 3 aliphatic rings. The summed E-state index contributed by atoms with van der Waals surface area (Å²) in [6.07, 6.45) is 0.757. The number of nitrogens with two attached hydrogens (primary N) is 1. The molecule has 0 saturated carbocycles. The van der Waals surface area contributed by atoms with Crippen molar-refractivity contribution < 1.29 is 19.1 Å². The second kappa shape index (κ2) is 8.61. The molecule has 7 nitrogen and oxygen atoms in total. The zero-order valence-electron chi connectivity index (χ0n) is 22.0. The van der Waals surface area contributed by atoms with E-state index in [4.69, 9.17) is 10.5 Å². The van der Waals surface area contributed by atoms with Crippen molar-refractivity contribution in [2.24, 2.45) is 11.1 Å². The lowest BCUT2D eigenvalue weighted by Gasteiger charge is -2.47. The minimum atomic E-state index is -1.68. The van der Waals surface area contributed by atoms with Crippen LogP contribution in [-0.4, -0.2) is 24.3 Å². The van der Waals surface area contributed by atoms with Crippen LogP contribution in [0.1, 0.15) is 64.5 Å². The molecule has 2 aromatic rings. The maximum atomic E-state index is 14.0. The van der Waals surface area contributed by atoms with Crippen LogP contribution in [0, 0.1) is 5.41 Å². The summed E-state index contributed by atoms with van der Waals surface area (Å²) in [5, 5.41) is 2.91. The minimum absolute atomic E-state index is 0.0171. The van der Waals surface area contributed by atoms with Crippen molar-refractivity contribution in [1.29, 1.82) is 0 Å². The van der Waals surface area contributed by atoms with Gasteiger partial charge in [0, 0.05) is 34.6 Å². The molecule has 5 rings (SSSR count). The van der Waals surface area contributed by atoms with E-state index in [0.29, 0.717) is 34.9 Å². The molecule has 0 bridgehead atoms. The molecule has 1 amide bonds. The number of anilines is 2. The first-order valence-electron chi connectivity index (χ1n) is 12.8. The fourth-order valence-corrected chi connectivity index (χ4v) is 6.00. The van der Waals surface area contributed by atoms with Gasteiger partial charge in [0.25, 0.3) is 0 Å². The van der Waals surface area contributed by atoms with Gasteiger partial charge in [0.15, 0.2) is 5.78 Å². The van der Waals surface area contributed by atoms with Crippen molar-refractivity contribution in [1.82, 2.24) is 0 Å². The number of nitrogens with zero attached hydrogens (tertiary/aromatic N) is 1. The van der Waals surface area contributed by atoms with Gasteiger partial charge in [-0.25, -0.2) is 4.79 Å². The number of benzene rings is 2. The molecule has 0 radical (unpaired) electrons. The highest BCUT2D eigenvalue weighted by molar-refractivity contribution is 6.23. The van der Waals surface area contributed by atoms with Gasteiger partial charge in [0.05, 0.1) is 6.61 Å². The number of amides is 1. The number of Topliss-reactive ketones (excluding diaryl/α,β-unsaturated/α-hetero) is 1. The molecule has 1 spiro atoms. The standard InChI is InChI=1S/C30H33N3O4/c1-6-37-27(35)25-26(31)33(19-13-11-18(12-14-19)17(2)3)22-15-29(4,5)16-23(34)24(22)30(25)20-9-7-8-10-21(20)32-28(30)36/h7-14,17H,6,15-16,31H2,1-5H3,(H,32,36). The van der Waals surface area contributed by atoms with E-state index in [0.717, 1.165) is 11.3 Å². The number of para-hydroxylation sites is 1. The Kier molecular flexibility index (Phi) is 5.77. The molecule has 192 valence electrons. The van der Waals surface area contributed by atoms with Gasteiger partial charge in [-0.15, -0.1) is 0 Å². The molecule has 1 atom stereocenters. The summed E-state index contributed by atoms with van der Waals surface area (Å²) in [5.74, 6) is -0.900. The Hall–Kier alpha value is -3.87. The van der Waals surface area contributed by atoms with Crippen molar-refractivity contribution in [2.75, 3.05) is 16.8 Å². The van der Waals surface area contributed by atoms with Gasteiger partial charge in [-0.2, -0.15) is 0 Å². The Morgan fingerprint density at radius 1 is 1.08 bits per heavy atom. The smallest absolute Gasteiger partial charge is 0.339 e. The zero-order chi connectivity index (χ0) is 26.7. The van der Waals surface area contributed by atoms with Crippen LogP contribution >= 0.6 is 0 Å². The van der Waals surface area contributed by atoms with Crippen LogP contribution in [0.2, 0.25) is 0 Å². The fourth-order valence-electron chi connectivity index (χ4n) is 6.00. The Labute approximate surface area is 217 Å². The number of allylic oxidation sites excluding steroid dienone is 1. The van der Waals surface area contributed by atoms with Crippen LogP contribution in [0.3, 0.4) is 0 Å². The lowest BCUT2D eigenvalue weighted by molar-refractivity contribution is -0.140. The third-order valence-corrected chi connectivity index (χ3v) is 7.59. The van der Waals surface area contributed by atoms with Gasteiger partial charge in [-0.3, -0.25) is 14.5 Å². The summed E-state index contributed by atoms with van der Waals surface area (Å²) >= 11 is 0. The molecule has 0 aromatic heterocycles. The van der Waals surface area contributed by atoms with Crippen molar-refractivity contribution in [3.63, 3.8) is 0 Å². The maximum Gasteiger partial charge on any atom is 0.339 e. The SMILES string of the molecule is CCOC(=O)C1=C(N)N(c2ccc(C(C)C)cc2)C2=C(C(=O)CC(C)(C)C2)C12C(=O)Nc1ccccc12. The second-order valence-corrected chi connectivity index (χ2v) is 11.1. The number of nitrogens with one attached hydrogen (secondary N) is 1. The van der Waals surface area contributed by atoms with E-state index in [1.807, 2.05) is 44.2 Å². The molecular formula is C30H33N3O4. The zero-order valence-corrected chi connectivity index (χ0v) is 22.0. The normalized spacial score (nSPS) is 22.4. The average Bonchev–Trinajstić information content (AvgIpc) is 3.10. The van der Waals surface area contributed by atoms with Crippen LogP contribution in [-0.2, 0) is 24.5 Å². The molecule has 2 aromatic carbocycles. The number of ether oxygens (including phenoxy) is 1. The number of hydrogen-bond donors (Lipinski definition) is 2. The largest absolute Gasteiger partial charge is 0.462 e. The molecular weight excluding hydrogens is 466 g/mol. The summed E-state index contributed by atoms with van der Waals surface area (Å²) in [7, 11) is 0. The van der Waals surface area contributed by atoms with Gasteiger partial charge in [0.2, 0.25) is 5.91 Å². The predicted octanol–water partition coefficient (Wildman–Crippen LogP) is 4.90. The molecule has 1 unspecified atom stereocenters. The van der Waals surface area contributed by atoms with Gasteiger partial charge in [-0.05, 0) is 48.4 Å². The van der Waals surface area contributed by atoms with E-state index in [1.54, 1.807) is 30.0 Å². The number of carbonyl (C=O) groups excluding carboxylic acids is 3. The quantitative estimate of drug-likeness (QED) is 0.581. The van der Waals surface area contributed by atoms with Gasteiger partial charge < -0.3 is 15.8 Å². The first kappa shape index (κ1) is 24.8. The Bertz CT molecular complexity index is 1380. The molecule has 0 fully saturated rings. The summed E-state index contributed by atoms with van der Waals surface area (Å²) in [4.78, 5) is 43.5. The molecule has 37 heavy (non-hydrogen) atoms. The summed E-state index contributed by atoms with van der Waals surface area (Å²) in [5.41, 5.74) is 8.76. The Morgan fingerprint density at radius 2 is 1.76 bits per heavy atom. The van der Waals surface area contributed by atoms with Gasteiger partial charge >= 0.3 is 5.97 Å². The van der Waals surface area contributed by atoms with E-state index in [1.165, 1.54) is 0 Å². The number of rotatable bonds is 4. The van der Waals surface area contributed by atoms with E-state index < -0.39 is 17.3 Å². The van der Waals surface area contributed by atoms with E-state index in [2.05, 4.69) is 19.2 Å². The number of hydrogen-bond acceptors (Lipinski definition) is 6. The second-order valence-electron chi connectivity index (χ2n) is 11.1. The highest BCUT2D eigenvalue weighted by atomic mass is 16.5. The Morgan fingerprint density at radius 3 is 2.41 bits per heavy atom. The van der Waals surface area contributed by atoms with Crippen LogP contribution in [0.15, 0.2) is 71.2 Å². The predicted molar refractivity (Wildman–Crippen MR) is 143 cm³/mol. The first-order valence-corrected chi connectivity index (χ1v) is 12.8. The minimum Gasteiger partial charge on any atom is -0.462 e. The fraction of sp³-hybridized carbons (Fsp3) is 0.367. The lowest BCUT2D eigenvalue weighted by atomic mass is 9.60. The molecule has 2 heterocycles. The van der Waals surface area contributed by atoms with E-state index >= 15 is 0 Å². The molecule has 7 heteroatoms. The van der Waals surface area contributed by atoms with Crippen LogP contribution in [0.4, 0.5) is 11.4 Å². The van der Waals surface area contributed by atoms with Gasteiger partial charge in [-0.1, -0.05) is 58.0 Å². The van der Waals surface area contributed by atoms with Crippen LogP contribution in [0.5, 0.6) is 0 Å². The molecule has 2 aliphatic heterocycles. The summed E-state index contributed by atoms with van der Waals surface area (Å²) in [6.45, 7) is 10.1. The number of carbonyl (C=O) groups is 3. The number of esters is 1.